The number of hydrogen-bond acceptors (Lipinski definition) is 8. The number of carbonyl (C=O) groups excluding carboxylic acids is 4. The molecular formula is C41H47ClN2O8. The standard InChI is InChI=1S/C41H47ClN2O8/c1-25(2)20-35-41(48)51-33(26(3)38-39(52-38)29-14-9-6-10-15-29)16-11-17-36(45)44-32(23-28-18-19-34(49-4)31(42)22-28)40(47)43-30(24-37(46)50-35)21-27-12-7-5-8-13-27/h5-15,17-19,22,25-26,30,32-33,35,38-39H,16,20-21,23-24H2,1-4H3,(H,43,47)(H,44,45)/b17-11+/t26-,30+,32+,33-,35-,38?,39-/m0/s1. The Kier molecular flexibility index (Phi) is 13.5. The molecule has 3 aromatic carbocycles. The predicted molar refractivity (Wildman–Crippen MR) is 197 cm³/mol. The summed E-state index contributed by atoms with van der Waals surface area (Å²) in [6, 6.07) is 22.6. The van der Waals surface area contributed by atoms with E-state index in [1.54, 1.807) is 24.3 Å². The Hall–Kier alpha value is -4.67. The van der Waals surface area contributed by atoms with Crippen LogP contribution in [0, 0.1) is 11.8 Å². The minimum Gasteiger partial charge on any atom is -0.495 e. The lowest BCUT2D eigenvalue weighted by molar-refractivity contribution is -0.174. The Labute approximate surface area is 310 Å². The van der Waals surface area contributed by atoms with Gasteiger partial charge in [0.2, 0.25) is 11.8 Å². The number of esters is 2. The molecule has 2 amide bonds. The fourth-order valence-corrected chi connectivity index (χ4v) is 6.74. The van der Waals surface area contributed by atoms with Gasteiger partial charge in [-0.05, 0) is 53.7 Å². The molecule has 5 rings (SSSR count). The fourth-order valence-electron chi connectivity index (χ4n) is 6.46. The van der Waals surface area contributed by atoms with Gasteiger partial charge >= 0.3 is 11.9 Å². The van der Waals surface area contributed by atoms with Crippen molar-refractivity contribution in [1.82, 2.24) is 10.6 Å². The second kappa shape index (κ2) is 18.2. The van der Waals surface area contributed by atoms with Gasteiger partial charge in [-0.15, -0.1) is 0 Å². The number of methoxy groups -OCH3 is 1. The van der Waals surface area contributed by atoms with Gasteiger partial charge in [-0.3, -0.25) is 14.4 Å². The van der Waals surface area contributed by atoms with Crippen molar-refractivity contribution in [3.8, 4) is 5.75 Å². The van der Waals surface area contributed by atoms with Gasteiger partial charge in [0.05, 0.1) is 24.7 Å². The molecule has 0 bridgehead atoms. The van der Waals surface area contributed by atoms with Gasteiger partial charge < -0.3 is 29.6 Å². The summed E-state index contributed by atoms with van der Waals surface area (Å²) in [5, 5.41) is 6.16. The summed E-state index contributed by atoms with van der Waals surface area (Å²) in [5.74, 6) is -2.09. The highest BCUT2D eigenvalue weighted by molar-refractivity contribution is 6.32. The summed E-state index contributed by atoms with van der Waals surface area (Å²) in [7, 11) is 1.51. The molecule has 2 aliphatic rings. The van der Waals surface area contributed by atoms with E-state index in [9.17, 15) is 19.2 Å². The quantitative estimate of drug-likeness (QED) is 0.189. The largest absolute Gasteiger partial charge is 0.495 e. The zero-order valence-corrected chi connectivity index (χ0v) is 30.7. The average Bonchev–Trinajstić information content (AvgIpc) is 3.92. The van der Waals surface area contributed by atoms with Crippen molar-refractivity contribution in [3.63, 3.8) is 0 Å². The lowest BCUT2D eigenvalue weighted by atomic mass is 9.93. The first-order chi connectivity index (χ1) is 25.0. The molecule has 52 heavy (non-hydrogen) atoms. The third-order valence-electron chi connectivity index (χ3n) is 9.26. The predicted octanol–water partition coefficient (Wildman–Crippen LogP) is 6.10. The molecule has 1 fully saturated rings. The van der Waals surface area contributed by atoms with Gasteiger partial charge in [-0.25, -0.2) is 4.79 Å². The zero-order chi connectivity index (χ0) is 37.2. The maximum atomic E-state index is 14.0. The molecular weight excluding hydrogens is 684 g/mol. The van der Waals surface area contributed by atoms with E-state index >= 15 is 0 Å². The van der Waals surface area contributed by atoms with E-state index < -0.39 is 48.0 Å². The van der Waals surface area contributed by atoms with Crippen LogP contribution >= 0.6 is 11.6 Å². The van der Waals surface area contributed by atoms with Crippen LogP contribution in [0.1, 0.15) is 62.8 Å². The van der Waals surface area contributed by atoms with Crippen LogP contribution in [0.2, 0.25) is 5.02 Å². The Balaban J connectivity index is 1.44. The van der Waals surface area contributed by atoms with Crippen molar-refractivity contribution < 1.29 is 38.1 Å². The monoisotopic (exact) mass is 730 g/mol. The molecule has 0 saturated carbocycles. The second-order valence-corrected chi connectivity index (χ2v) is 14.3. The normalized spacial score (nSPS) is 25.7. The number of hydrogen-bond donors (Lipinski definition) is 2. The SMILES string of the molecule is COc1ccc(C[C@H]2NC(=O)/C=C/C[C@@H]([C@H](C)C3O[C@H]3c3ccccc3)OC(=O)[C@H](CC(C)C)OC(=O)C[C@@H](Cc3ccccc3)NC2=O)cc1Cl. The molecule has 2 aliphatic heterocycles. The van der Waals surface area contributed by atoms with E-state index in [2.05, 4.69) is 10.6 Å². The molecule has 3 aromatic rings. The summed E-state index contributed by atoms with van der Waals surface area (Å²) in [6.07, 6.45) is 1.38. The highest BCUT2D eigenvalue weighted by Gasteiger charge is 2.47. The minimum atomic E-state index is -1.16. The van der Waals surface area contributed by atoms with Crippen LogP contribution in [0.4, 0.5) is 0 Å². The van der Waals surface area contributed by atoms with E-state index in [4.69, 9.17) is 30.5 Å². The topological polar surface area (TPSA) is 133 Å². The summed E-state index contributed by atoms with van der Waals surface area (Å²) in [5.41, 5.74) is 2.60. The minimum absolute atomic E-state index is 0.0108. The number of carbonyl (C=O) groups is 4. The Bertz CT molecular complexity index is 1720. The lowest BCUT2D eigenvalue weighted by Gasteiger charge is -2.27. The Morgan fingerprint density at radius 2 is 1.58 bits per heavy atom. The fraction of sp³-hybridized carbons (Fsp3) is 0.415. The molecule has 7 atom stereocenters. The van der Waals surface area contributed by atoms with Crippen LogP contribution in [0.25, 0.3) is 0 Å². The van der Waals surface area contributed by atoms with Crippen molar-refractivity contribution in [3.05, 3.63) is 113 Å². The van der Waals surface area contributed by atoms with Crippen LogP contribution in [0.5, 0.6) is 5.75 Å². The average molecular weight is 731 g/mol. The number of nitrogens with one attached hydrogen (secondary N) is 2. The van der Waals surface area contributed by atoms with Crippen LogP contribution in [0.3, 0.4) is 0 Å². The number of halogens is 1. The van der Waals surface area contributed by atoms with Crippen molar-refractivity contribution in [2.75, 3.05) is 7.11 Å². The van der Waals surface area contributed by atoms with E-state index in [0.717, 1.165) is 11.1 Å². The van der Waals surface area contributed by atoms with E-state index in [0.29, 0.717) is 22.8 Å². The van der Waals surface area contributed by atoms with Crippen LogP contribution in [0.15, 0.2) is 91.0 Å². The van der Waals surface area contributed by atoms with Gasteiger partial charge in [0.25, 0.3) is 0 Å². The van der Waals surface area contributed by atoms with Gasteiger partial charge in [0.1, 0.15) is 24.0 Å². The van der Waals surface area contributed by atoms with Gasteiger partial charge in [0.15, 0.2) is 6.10 Å². The number of epoxide rings is 1. The molecule has 11 heteroatoms. The number of ether oxygens (including phenoxy) is 4. The lowest BCUT2D eigenvalue weighted by Crippen LogP contribution is -2.51. The third kappa shape index (κ3) is 10.9. The number of benzene rings is 3. The van der Waals surface area contributed by atoms with Crippen LogP contribution in [-0.4, -0.2) is 61.3 Å². The maximum absolute atomic E-state index is 14.0. The molecule has 276 valence electrons. The van der Waals surface area contributed by atoms with Gasteiger partial charge in [0, 0.05) is 24.8 Å². The summed E-state index contributed by atoms with van der Waals surface area (Å²) >= 11 is 6.39. The van der Waals surface area contributed by atoms with Crippen LogP contribution in [-0.2, 0) is 46.2 Å². The first-order valence-electron chi connectivity index (χ1n) is 17.7. The smallest absolute Gasteiger partial charge is 0.347 e. The summed E-state index contributed by atoms with van der Waals surface area (Å²) in [6.45, 7) is 5.80. The van der Waals surface area contributed by atoms with Crippen molar-refractivity contribution in [2.24, 2.45) is 11.8 Å². The molecule has 0 spiro atoms. The molecule has 2 N–H and O–H groups in total. The number of cyclic esters (lactones) is 2. The Morgan fingerprint density at radius 1 is 0.865 bits per heavy atom. The molecule has 10 nitrogen and oxygen atoms in total. The molecule has 0 aromatic heterocycles. The number of rotatable bonds is 10. The Morgan fingerprint density at radius 3 is 2.25 bits per heavy atom. The summed E-state index contributed by atoms with van der Waals surface area (Å²) in [4.78, 5) is 54.6. The van der Waals surface area contributed by atoms with Crippen molar-refractivity contribution >= 4 is 35.4 Å². The highest BCUT2D eigenvalue weighted by atomic mass is 35.5. The van der Waals surface area contributed by atoms with E-state index in [1.807, 2.05) is 81.4 Å². The first-order valence-corrected chi connectivity index (χ1v) is 18.1. The first kappa shape index (κ1) is 38.6. The second-order valence-electron chi connectivity index (χ2n) is 13.8. The van der Waals surface area contributed by atoms with Gasteiger partial charge in [-0.2, -0.15) is 0 Å². The third-order valence-corrected chi connectivity index (χ3v) is 9.55. The zero-order valence-electron chi connectivity index (χ0n) is 30.0. The molecule has 0 radical (unpaired) electrons. The van der Waals surface area contributed by atoms with Crippen molar-refractivity contribution in [2.45, 2.75) is 89.4 Å². The maximum Gasteiger partial charge on any atom is 0.347 e. The van der Waals surface area contributed by atoms with Crippen molar-refractivity contribution in [1.29, 1.82) is 0 Å². The van der Waals surface area contributed by atoms with E-state index in [-0.39, 0.29) is 49.7 Å². The highest BCUT2D eigenvalue weighted by Crippen LogP contribution is 2.45. The van der Waals surface area contributed by atoms with Gasteiger partial charge in [-0.1, -0.05) is 105 Å². The van der Waals surface area contributed by atoms with Crippen LogP contribution < -0.4 is 15.4 Å². The number of amides is 2. The molecule has 1 unspecified atom stereocenters. The molecule has 1 saturated heterocycles. The molecule has 0 aliphatic carbocycles. The van der Waals surface area contributed by atoms with E-state index in [1.165, 1.54) is 13.2 Å². The molecule has 2 heterocycles. The summed E-state index contributed by atoms with van der Waals surface area (Å²) < 4.78 is 23.3.